The highest BCUT2D eigenvalue weighted by Gasteiger charge is 2.17. The van der Waals surface area contributed by atoms with Crippen molar-refractivity contribution < 1.29 is 9.59 Å². The number of nitrogens with one attached hydrogen (secondary N) is 1. The summed E-state index contributed by atoms with van der Waals surface area (Å²) in [7, 11) is 0. The first-order chi connectivity index (χ1) is 13.1. The second-order valence-electron chi connectivity index (χ2n) is 6.26. The Morgan fingerprint density at radius 2 is 2.00 bits per heavy atom. The molecule has 0 bridgehead atoms. The van der Waals surface area contributed by atoms with Gasteiger partial charge in [0.1, 0.15) is 0 Å². The van der Waals surface area contributed by atoms with Crippen LogP contribution in [0.4, 0.5) is 5.95 Å². The molecule has 0 saturated carbocycles. The molecule has 0 aliphatic carbocycles. The Kier molecular flexibility index (Phi) is 4.37. The summed E-state index contributed by atoms with van der Waals surface area (Å²) in [5, 5.41) is 3.96. The fourth-order valence-corrected chi connectivity index (χ4v) is 4.04. The van der Waals surface area contributed by atoms with E-state index in [4.69, 9.17) is 5.73 Å². The molecule has 3 N–H and O–H groups in total. The zero-order chi connectivity index (χ0) is 19.0. The number of nitrogens with zero attached hydrogens (tertiary/aromatic N) is 2. The molecule has 6 nitrogen and oxygen atoms in total. The first-order valence-corrected chi connectivity index (χ1v) is 9.48. The van der Waals surface area contributed by atoms with Crippen LogP contribution in [0, 0.1) is 0 Å². The van der Waals surface area contributed by atoms with E-state index in [1.54, 1.807) is 12.1 Å². The van der Waals surface area contributed by atoms with Crippen molar-refractivity contribution in [3.05, 3.63) is 59.0 Å². The second kappa shape index (κ2) is 6.85. The average molecular weight is 378 g/mol. The molecule has 0 aliphatic rings. The predicted molar refractivity (Wildman–Crippen MR) is 108 cm³/mol. The van der Waals surface area contributed by atoms with Gasteiger partial charge in [0, 0.05) is 16.8 Å². The number of thiophene rings is 1. The molecule has 2 aromatic carbocycles. The minimum absolute atomic E-state index is 0.195. The number of fused-ring (bicyclic) bond motifs is 2. The number of rotatable bonds is 5. The number of benzene rings is 2. The van der Waals surface area contributed by atoms with Crippen LogP contribution in [0.15, 0.2) is 48.5 Å². The van der Waals surface area contributed by atoms with Gasteiger partial charge in [-0.05, 0) is 42.1 Å². The normalized spacial score (nSPS) is 11.1. The molecule has 0 spiro atoms. The van der Waals surface area contributed by atoms with E-state index in [0.717, 1.165) is 22.0 Å². The lowest BCUT2D eigenvalue weighted by Crippen LogP contribution is -2.15. The third-order valence-corrected chi connectivity index (χ3v) is 5.47. The van der Waals surface area contributed by atoms with Crippen molar-refractivity contribution in [3.63, 3.8) is 0 Å². The van der Waals surface area contributed by atoms with Crippen LogP contribution in [0.2, 0.25) is 0 Å². The molecule has 2 amide bonds. The molecule has 2 aromatic heterocycles. The smallest absolute Gasteiger partial charge is 0.268 e. The quantitative estimate of drug-likeness (QED) is 0.550. The monoisotopic (exact) mass is 378 g/mol. The Morgan fingerprint density at radius 3 is 2.74 bits per heavy atom. The van der Waals surface area contributed by atoms with E-state index >= 15 is 0 Å². The van der Waals surface area contributed by atoms with Crippen molar-refractivity contribution in [2.75, 3.05) is 5.32 Å². The Morgan fingerprint density at radius 1 is 1.19 bits per heavy atom. The standard InChI is InChI=1S/C20H18N4O2S/c1-2-9-24-15-8-7-13(18(21)25)10-14(15)22-20(24)23-19(26)17-11-12-5-3-4-6-16(12)27-17/h3-8,10-11H,2,9H2,1H3,(H2,21,25)(H,22,23,26). The van der Waals surface area contributed by atoms with Crippen LogP contribution in [0.5, 0.6) is 0 Å². The zero-order valence-corrected chi connectivity index (χ0v) is 15.5. The summed E-state index contributed by atoms with van der Waals surface area (Å²) < 4.78 is 3.02. The first kappa shape index (κ1) is 17.2. The minimum atomic E-state index is -0.502. The molecule has 2 heterocycles. The van der Waals surface area contributed by atoms with Crippen molar-refractivity contribution in [3.8, 4) is 0 Å². The van der Waals surface area contributed by atoms with E-state index in [1.807, 2.05) is 41.0 Å². The van der Waals surface area contributed by atoms with Gasteiger partial charge in [-0.25, -0.2) is 4.98 Å². The summed E-state index contributed by atoms with van der Waals surface area (Å²) in [4.78, 5) is 29.3. The van der Waals surface area contributed by atoms with Gasteiger partial charge in [-0.3, -0.25) is 14.9 Å². The van der Waals surface area contributed by atoms with Gasteiger partial charge in [-0.2, -0.15) is 0 Å². The van der Waals surface area contributed by atoms with Gasteiger partial charge in [-0.15, -0.1) is 11.3 Å². The predicted octanol–water partition coefficient (Wildman–Crippen LogP) is 4.01. The summed E-state index contributed by atoms with van der Waals surface area (Å²) in [5.74, 6) is -0.229. The highest BCUT2D eigenvalue weighted by Crippen LogP contribution is 2.27. The molecule has 7 heteroatoms. The number of primary amides is 1. The lowest BCUT2D eigenvalue weighted by molar-refractivity contribution is 0.0998. The Bertz CT molecular complexity index is 1140. The largest absolute Gasteiger partial charge is 0.366 e. The average Bonchev–Trinajstić information content (AvgIpc) is 3.23. The molecule has 0 atom stereocenters. The third-order valence-electron chi connectivity index (χ3n) is 4.35. The molecule has 27 heavy (non-hydrogen) atoms. The maximum absolute atomic E-state index is 12.8. The van der Waals surface area contributed by atoms with E-state index in [2.05, 4.69) is 17.2 Å². The number of amides is 2. The van der Waals surface area contributed by atoms with Gasteiger partial charge >= 0.3 is 0 Å². The number of carbonyl (C=O) groups is 2. The number of nitrogens with two attached hydrogens (primary N) is 1. The van der Waals surface area contributed by atoms with Crippen LogP contribution in [0.3, 0.4) is 0 Å². The van der Waals surface area contributed by atoms with Crippen molar-refractivity contribution in [2.45, 2.75) is 19.9 Å². The third kappa shape index (κ3) is 3.17. The van der Waals surface area contributed by atoms with Gasteiger partial charge in [0.15, 0.2) is 0 Å². The number of aryl methyl sites for hydroxylation is 1. The number of aromatic nitrogens is 2. The molecular formula is C20H18N4O2S. The number of carbonyl (C=O) groups excluding carboxylic acids is 2. The summed E-state index contributed by atoms with van der Waals surface area (Å²) in [6, 6.07) is 14.9. The first-order valence-electron chi connectivity index (χ1n) is 8.67. The van der Waals surface area contributed by atoms with E-state index in [-0.39, 0.29) is 5.91 Å². The molecular weight excluding hydrogens is 360 g/mol. The molecule has 0 radical (unpaired) electrons. The van der Waals surface area contributed by atoms with Crippen molar-refractivity contribution in [2.24, 2.45) is 5.73 Å². The van der Waals surface area contributed by atoms with E-state index in [9.17, 15) is 9.59 Å². The number of anilines is 1. The SMILES string of the molecule is CCCn1c(NC(=O)c2cc3ccccc3s2)nc2cc(C(N)=O)ccc21. The topological polar surface area (TPSA) is 90.0 Å². The van der Waals surface area contributed by atoms with Gasteiger partial charge < -0.3 is 10.3 Å². The summed E-state index contributed by atoms with van der Waals surface area (Å²) in [6.45, 7) is 2.76. The number of hydrogen-bond acceptors (Lipinski definition) is 4. The van der Waals surface area contributed by atoms with Gasteiger partial charge in [0.25, 0.3) is 5.91 Å². The van der Waals surface area contributed by atoms with Gasteiger partial charge in [0.05, 0.1) is 15.9 Å². The molecule has 0 fully saturated rings. The fraction of sp³-hybridized carbons (Fsp3) is 0.150. The molecule has 4 rings (SSSR count). The molecule has 0 unspecified atom stereocenters. The highest BCUT2D eigenvalue weighted by atomic mass is 32.1. The molecule has 0 aliphatic heterocycles. The molecule has 4 aromatic rings. The maximum Gasteiger partial charge on any atom is 0.268 e. The van der Waals surface area contributed by atoms with Gasteiger partial charge in [-0.1, -0.05) is 25.1 Å². The molecule has 136 valence electrons. The zero-order valence-electron chi connectivity index (χ0n) is 14.7. The van der Waals surface area contributed by atoms with Crippen LogP contribution in [-0.2, 0) is 6.54 Å². The van der Waals surface area contributed by atoms with Crippen LogP contribution < -0.4 is 11.1 Å². The Balaban J connectivity index is 1.72. The Hall–Kier alpha value is -3.19. The lowest BCUT2D eigenvalue weighted by atomic mass is 10.2. The van der Waals surface area contributed by atoms with Crippen molar-refractivity contribution >= 4 is 50.2 Å². The molecule has 0 saturated heterocycles. The maximum atomic E-state index is 12.8. The van der Waals surface area contributed by atoms with Gasteiger partial charge in [0.2, 0.25) is 11.9 Å². The minimum Gasteiger partial charge on any atom is -0.366 e. The summed E-state index contributed by atoms with van der Waals surface area (Å²) in [5.41, 5.74) is 7.24. The van der Waals surface area contributed by atoms with Crippen molar-refractivity contribution in [1.29, 1.82) is 0 Å². The summed E-state index contributed by atoms with van der Waals surface area (Å²) in [6.07, 6.45) is 0.884. The van der Waals surface area contributed by atoms with E-state index in [0.29, 0.717) is 28.5 Å². The number of hydrogen-bond donors (Lipinski definition) is 2. The van der Waals surface area contributed by atoms with Crippen LogP contribution in [0.25, 0.3) is 21.1 Å². The Labute approximate surface area is 159 Å². The van der Waals surface area contributed by atoms with Crippen LogP contribution >= 0.6 is 11.3 Å². The fourth-order valence-electron chi connectivity index (χ4n) is 3.09. The number of imidazole rings is 1. The highest BCUT2D eigenvalue weighted by molar-refractivity contribution is 7.20. The van der Waals surface area contributed by atoms with Crippen LogP contribution in [0.1, 0.15) is 33.4 Å². The van der Waals surface area contributed by atoms with Crippen molar-refractivity contribution in [1.82, 2.24) is 9.55 Å². The van der Waals surface area contributed by atoms with Crippen LogP contribution in [-0.4, -0.2) is 21.4 Å². The van der Waals surface area contributed by atoms with E-state index in [1.165, 1.54) is 11.3 Å². The lowest BCUT2D eigenvalue weighted by Gasteiger charge is -2.08. The van der Waals surface area contributed by atoms with E-state index < -0.39 is 5.91 Å². The second-order valence-corrected chi connectivity index (χ2v) is 7.34. The summed E-state index contributed by atoms with van der Waals surface area (Å²) >= 11 is 1.45.